The predicted octanol–water partition coefficient (Wildman–Crippen LogP) is 0.426. The third-order valence-electron chi connectivity index (χ3n) is 2.47. The zero-order chi connectivity index (χ0) is 10.7. The highest BCUT2D eigenvalue weighted by atomic mass is 32.1. The highest BCUT2D eigenvalue weighted by molar-refractivity contribution is 7.09. The first-order valence-corrected chi connectivity index (χ1v) is 6.03. The van der Waals surface area contributed by atoms with E-state index < -0.39 is 0 Å². The Morgan fingerprint density at radius 3 is 2.93 bits per heavy atom. The fraction of sp³-hybridized carbons (Fsp3) is 0.600. The summed E-state index contributed by atoms with van der Waals surface area (Å²) in [5.74, 6) is 0.196. The summed E-state index contributed by atoms with van der Waals surface area (Å²) in [4.78, 5) is 18.0. The van der Waals surface area contributed by atoms with E-state index in [-0.39, 0.29) is 5.91 Å². The summed E-state index contributed by atoms with van der Waals surface area (Å²) >= 11 is 1.60. The highest BCUT2D eigenvalue weighted by Gasteiger charge is 2.17. The van der Waals surface area contributed by atoms with Crippen LogP contribution < -0.4 is 5.32 Å². The molecule has 0 spiro atoms. The zero-order valence-electron chi connectivity index (χ0n) is 8.82. The molecule has 1 fully saturated rings. The van der Waals surface area contributed by atoms with E-state index in [9.17, 15) is 4.79 Å². The van der Waals surface area contributed by atoms with Gasteiger partial charge < -0.3 is 10.2 Å². The highest BCUT2D eigenvalue weighted by Crippen LogP contribution is 2.09. The minimum Gasteiger partial charge on any atom is -0.340 e. The van der Waals surface area contributed by atoms with Gasteiger partial charge in [-0.3, -0.25) is 4.79 Å². The van der Waals surface area contributed by atoms with Crippen LogP contribution in [0.5, 0.6) is 0 Å². The average Bonchev–Trinajstić information content (AvgIpc) is 2.65. The molecule has 0 bridgehead atoms. The number of aryl methyl sites for hydroxylation is 1. The third kappa shape index (κ3) is 2.76. The fourth-order valence-electron chi connectivity index (χ4n) is 1.67. The molecule has 1 aliphatic heterocycles. The smallest absolute Gasteiger partial charge is 0.228 e. The number of piperazine rings is 1. The topological polar surface area (TPSA) is 45.2 Å². The molecule has 1 saturated heterocycles. The lowest BCUT2D eigenvalue weighted by Crippen LogP contribution is -2.46. The van der Waals surface area contributed by atoms with Crippen LogP contribution in [-0.2, 0) is 11.2 Å². The van der Waals surface area contributed by atoms with Crippen molar-refractivity contribution in [1.82, 2.24) is 15.2 Å². The lowest BCUT2D eigenvalue weighted by atomic mass is 10.2. The number of thiazole rings is 1. The number of aromatic nitrogens is 1. The largest absolute Gasteiger partial charge is 0.340 e. The van der Waals surface area contributed by atoms with Gasteiger partial charge in [0, 0.05) is 31.6 Å². The van der Waals surface area contributed by atoms with Crippen LogP contribution in [-0.4, -0.2) is 42.0 Å². The number of hydrogen-bond acceptors (Lipinski definition) is 4. The fourth-order valence-corrected chi connectivity index (χ4v) is 2.28. The van der Waals surface area contributed by atoms with Crippen molar-refractivity contribution in [2.45, 2.75) is 13.3 Å². The first kappa shape index (κ1) is 10.6. The van der Waals surface area contributed by atoms with E-state index >= 15 is 0 Å². The number of carbonyl (C=O) groups is 1. The number of hydrogen-bond donors (Lipinski definition) is 1. The summed E-state index contributed by atoms with van der Waals surface area (Å²) in [7, 11) is 0. The van der Waals surface area contributed by atoms with Gasteiger partial charge in [0.15, 0.2) is 0 Å². The van der Waals surface area contributed by atoms with E-state index in [0.29, 0.717) is 6.42 Å². The molecule has 1 aromatic heterocycles. The Labute approximate surface area is 93.3 Å². The van der Waals surface area contributed by atoms with Crippen molar-refractivity contribution < 1.29 is 4.79 Å². The monoisotopic (exact) mass is 225 g/mol. The van der Waals surface area contributed by atoms with E-state index in [1.54, 1.807) is 11.3 Å². The van der Waals surface area contributed by atoms with Crippen LogP contribution in [0.4, 0.5) is 0 Å². The Morgan fingerprint density at radius 2 is 2.33 bits per heavy atom. The predicted molar refractivity (Wildman–Crippen MR) is 60.0 cm³/mol. The van der Waals surface area contributed by atoms with Crippen LogP contribution in [0.1, 0.15) is 10.7 Å². The molecule has 1 aliphatic rings. The standard InChI is InChI=1S/C10H15N3OS/c1-8-12-9(7-15-8)6-10(14)13-4-2-11-3-5-13/h7,11H,2-6H2,1H3. The Bertz CT molecular complexity index is 344. The van der Waals surface area contributed by atoms with Crippen LogP contribution in [0.3, 0.4) is 0 Å². The normalized spacial score (nSPS) is 16.7. The van der Waals surface area contributed by atoms with Gasteiger partial charge in [0.1, 0.15) is 0 Å². The summed E-state index contributed by atoms with van der Waals surface area (Å²) in [5, 5.41) is 6.22. The van der Waals surface area contributed by atoms with Crippen molar-refractivity contribution in [3.05, 3.63) is 16.1 Å². The van der Waals surface area contributed by atoms with E-state index in [2.05, 4.69) is 10.3 Å². The summed E-state index contributed by atoms with van der Waals surface area (Å²) < 4.78 is 0. The van der Waals surface area contributed by atoms with Gasteiger partial charge in [-0.1, -0.05) is 0 Å². The lowest BCUT2D eigenvalue weighted by Gasteiger charge is -2.27. The molecule has 5 heteroatoms. The zero-order valence-corrected chi connectivity index (χ0v) is 9.64. The van der Waals surface area contributed by atoms with Crippen LogP contribution >= 0.6 is 11.3 Å². The molecule has 2 heterocycles. The van der Waals surface area contributed by atoms with Gasteiger partial charge in [0.2, 0.25) is 5.91 Å². The molecule has 1 amide bonds. The molecule has 0 saturated carbocycles. The molecular formula is C10H15N3OS. The molecular weight excluding hydrogens is 210 g/mol. The second-order valence-electron chi connectivity index (χ2n) is 3.67. The first-order chi connectivity index (χ1) is 7.25. The Hall–Kier alpha value is -0.940. The molecule has 1 N–H and O–H groups in total. The van der Waals surface area contributed by atoms with Gasteiger partial charge in [0.05, 0.1) is 17.1 Å². The van der Waals surface area contributed by atoms with Crippen molar-refractivity contribution >= 4 is 17.2 Å². The summed E-state index contributed by atoms with van der Waals surface area (Å²) in [5.41, 5.74) is 0.904. The second-order valence-corrected chi connectivity index (χ2v) is 4.73. The molecule has 0 atom stereocenters. The molecule has 82 valence electrons. The minimum absolute atomic E-state index is 0.196. The Balaban J connectivity index is 1.91. The first-order valence-electron chi connectivity index (χ1n) is 5.15. The van der Waals surface area contributed by atoms with E-state index in [0.717, 1.165) is 36.9 Å². The number of nitrogens with one attached hydrogen (secondary N) is 1. The van der Waals surface area contributed by atoms with Crippen molar-refractivity contribution in [3.63, 3.8) is 0 Å². The van der Waals surface area contributed by atoms with Crippen LogP contribution in [0.2, 0.25) is 0 Å². The van der Waals surface area contributed by atoms with Crippen molar-refractivity contribution in [3.8, 4) is 0 Å². The maximum atomic E-state index is 11.8. The van der Waals surface area contributed by atoms with Gasteiger partial charge in [-0.2, -0.15) is 0 Å². The summed E-state index contributed by atoms with van der Waals surface area (Å²) in [6, 6.07) is 0. The van der Waals surface area contributed by atoms with Crippen LogP contribution in [0, 0.1) is 6.92 Å². The lowest BCUT2D eigenvalue weighted by molar-refractivity contribution is -0.131. The van der Waals surface area contributed by atoms with Crippen molar-refractivity contribution in [2.75, 3.05) is 26.2 Å². The third-order valence-corrected chi connectivity index (χ3v) is 3.29. The van der Waals surface area contributed by atoms with Gasteiger partial charge in [-0.05, 0) is 6.92 Å². The van der Waals surface area contributed by atoms with Crippen LogP contribution in [0.15, 0.2) is 5.38 Å². The molecule has 0 aromatic carbocycles. The average molecular weight is 225 g/mol. The number of amides is 1. The Morgan fingerprint density at radius 1 is 1.60 bits per heavy atom. The van der Waals surface area contributed by atoms with Crippen molar-refractivity contribution in [1.29, 1.82) is 0 Å². The molecule has 4 nitrogen and oxygen atoms in total. The maximum absolute atomic E-state index is 11.8. The minimum atomic E-state index is 0.196. The maximum Gasteiger partial charge on any atom is 0.228 e. The van der Waals surface area contributed by atoms with E-state index in [1.165, 1.54) is 0 Å². The van der Waals surface area contributed by atoms with Crippen LogP contribution in [0.25, 0.3) is 0 Å². The molecule has 2 rings (SSSR count). The number of rotatable bonds is 2. The quantitative estimate of drug-likeness (QED) is 0.793. The molecule has 15 heavy (non-hydrogen) atoms. The SMILES string of the molecule is Cc1nc(CC(=O)N2CCNCC2)cs1. The van der Waals surface area contributed by atoms with Gasteiger partial charge >= 0.3 is 0 Å². The molecule has 1 aromatic rings. The Kier molecular flexibility index (Phi) is 3.33. The van der Waals surface area contributed by atoms with E-state index in [1.807, 2.05) is 17.2 Å². The molecule has 0 unspecified atom stereocenters. The van der Waals surface area contributed by atoms with E-state index in [4.69, 9.17) is 0 Å². The summed E-state index contributed by atoms with van der Waals surface area (Å²) in [6.45, 7) is 5.41. The van der Waals surface area contributed by atoms with Crippen molar-refractivity contribution in [2.24, 2.45) is 0 Å². The summed E-state index contributed by atoms with van der Waals surface area (Å²) in [6.07, 6.45) is 0.449. The van der Waals surface area contributed by atoms with Gasteiger partial charge in [-0.25, -0.2) is 4.98 Å². The second kappa shape index (κ2) is 4.72. The number of carbonyl (C=O) groups excluding carboxylic acids is 1. The van der Waals surface area contributed by atoms with Gasteiger partial charge in [-0.15, -0.1) is 11.3 Å². The molecule has 0 aliphatic carbocycles. The number of nitrogens with zero attached hydrogens (tertiary/aromatic N) is 2. The molecule has 0 radical (unpaired) electrons. The van der Waals surface area contributed by atoms with Gasteiger partial charge in [0.25, 0.3) is 0 Å².